The Labute approximate surface area is 218 Å². The first kappa shape index (κ1) is 26.9. The second-order valence-corrected chi connectivity index (χ2v) is 9.16. The standard InChI is InChI=1S/C28H36N2O7/c1-4-35-28(32)23-15-22(20-7-9-21(34-3)10-8-20)26(16-29-23)36-17-19-6-11-25-24(14-19)30(12-5-13-33-2)27(31)18-37-25/h6-11,14,22-23,26,29H,4-5,12-13,15-18H2,1-3H3/t22-,23?,26+/m1/s1. The fourth-order valence-corrected chi connectivity index (χ4v) is 4.84. The van der Waals surface area contributed by atoms with Crippen molar-refractivity contribution < 1.29 is 33.3 Å². The van der Waals surface area contributed by atoms with Crippen molar-refractivity contribution >= 4 is 17.6 Å². The van der Waals surface area contributed by atoms with E-state index in [-0.39, 0.29) is 36.5 Å². The summed E-state index contributed by atoms with van der Waals surface area (Å²) < 4.78 is 27.8. The van der Waals surface area contributed by atoms with Crippen LogP contribution in [0.15, 0.2) is 42.5 Å². The maximum atomic E-state index is 12.5. The third-order valence-electron chi connectivity index (χ3n) is 6.78. The summed E-state index contributed by atoms with van der Waals surface area (Å²) in [4.78, 5) is 26.7. The number of anilines is 1. The molecule has 4 rings (SSSR count). The van der Waals surface area contributed by atoms with Crippen molar-refractivity contribution in [2.24, 2.45) is 0 Å². The van der Waals surface area contributed by atoms with Crippen molar-refractivity contribution in [2.45, 2.75) is 44.4 Å². The maximum Gasteiger partial charge on any atom is 0.323 e. The highest BCUT2D eigenvalue weighted by atomic mass is 16.5. The predicted octanol–water partition coefficient (Wildman–Crippen LogP) is 3.05. The molecule has 1 N–H and O–H groups in total. The Morgan fingerprint density at radius 2 is 1.97 bits per heavy atom. The van der Waals surface area contributed by atoms with Gasteiger partial charge in [-0.1, -0.05) is 18.2 Å². The molecule has 1 amide bonds. The number of piperidine rings is 1. The highest BCUT2D eigenvalue weighted by molar-refractivity contribution is 5.97. The third kappa shape index (κ3) is 6.60. The molecule has 0 bridgehead atoms. The predicted molar refractivity (Wildman–Crippen MR) is 138 cm³/mol. The average Bonchev–Trinajstić information content (AvgIpc) is 2.93. The van der Waals surface area contributed by atoms with Gasteiger partial charge in [0.25, 0.3) is 5.91 Å². The van der Waals surface area contributed by atoms with Gasteiger partial charge < -0.3 is 33.9 Å². The van der Waals surface area contributed by atoms with Crippen LogP contribution in [0.1, 0.15) is 36.8 Å². The molecule has 9 heteroatoms. The maximum absolute atomic E-state index is 12.5. The van der Waals surface area contributed by atoms with Crippen LogP contribution in [0.5, 0.6) is 11.5 Å². The summed E-state index contributed by atoms with van der Waals surface area (Å²) in [6.07, 6.45) is 1.14. The van der Waals surface area contributed by atoms with Crippen LogP contribution in [0.25, 0.3) is 0 Å². The highest BCUT2D eigenvalue weighted by Gasteiger charge is 2.36. The van der Waals surface area contributed by atoms with Crippen LogP contribution in [0.4, 0.5) is 5.69 Å². The molecule has 200 valence electrons. The Morgan fingerprint density at radius 3 is 2.70 bits per heavy atom. The molecule has 2 aliphatic heterocycles. The number of nitrogens with one attached hydrogen (secondary N) is 1. The van der Waals surface area contributed by atoms with Gasteiger partial charge in [0, 0.05) is 32.7 Å². The summed E-state index contributed by atoms with van der Waals surface area (Å²) >= 11 is 0. The van der Waals surface area contributed by atoms with E-state index in [1.54, 1.807) is 19.1 Å². The van der Waals surface area contributed by atoms with E-state index in [0.29, 0.717) is 45.1 Å². The van der Waals surface area contributed by atoms with Crippen LogP contribution in [0, 0.1) is 0 Å². The van der Waals surface area contributed by atoms with E-state index < -0.39 is 0 Å². The monoisotopic (exact) mass is 512 g/mol. The van der Waals surface area contributed by atoms with Gasteiger partial charge in [-0.3, -0.25) is 9.59 Å². The van der Waals surface area contributed by atoms with Crippen LogP contribution < -0.4 is 19.7 Å². The van der Waals surface area contributed by atoms with Gasteiger partial charge in [-0.2, -0.15) is 0 Å². The third-order valence-corrected chi connectivity index (χ3v) is 6.78. The fraction of sp³-hybridized carbons (Fsp3) is 0.500. The van der Waals surface area contributed by atoms with Crippen molar-refractivity contribution in [3.8, 4) is 11.5 Å². The normalized spacial score (nSPS) is 21.2. The summed E-state index contributed by atoms with van der Waals surface area (Å²) in [5.74, 6) is 1.15. The number of benzene rings is 2. The van der Waals surface area contributed by atoms with Crippen LogP contribution in [0.2, 0.25) is 0 Å². The number of carbonyl (C=O) groups excluding carboxylic acids is 2. The molecular formula is C28H36N2O7. The quantitative estimate of drug-likeness (QED) is 0.363. The second kappa shape index (κ2) is 12.9. The van der Waals surface area contributed by atoms with E-state index in [0.717, 1.165) is 29.0 Å². The number of amides is 1. The van der Waals surface area contributed by atoms with Crippen LogP contribution in [0.3, 0.4) is 0 Å². The Balaban J connectivity index is 1.49. The summed E-state index contributed by atoms with van der Waals surface area (Å²) in [7, 11) is 3.29. The molecule has 2 aliphatic rings. The first-order chi connectivity index (χ1) is 18.0. The van der Waals surface area contributed by atoms with E-state index in [1.165, 1.54) is 0 Å². The van der Waals surface area contributed by atoms with E-state index in [9.17, 15) is 9.59 Å². The Morgan fingerprint density at radius 1 is 1.16 bits per heavy atom. The van der Waals surface area contributed by atoms with Crippen molar-refractivity contribution in [1.29, 1.82) is 0 Å². The number of carbonyl (C=O) groups is 2. The minimum atomic E-state index is -0.389. The smallest absolute Gasteiger partial charge is 0.323 e. The van der Waals surface area contributed by atoms with Crippen molar-refractivity contribution in [3.05, 3.63) is 53.6 Å². The molecule has 2 aromatic carbocycles. The number of hydrogen-bond donors (Lipinski definition) is 1. The second-order valence-electron chi connectivity index (χ2n) is 9.16. The molecule has 9 nitrogen and oxygen atoms in total. The lowest BCUT2D eigenvalue weighted by Crippen LogP contribution is -2.51. The molecule has 1 unspecified atom stereocenters. The van der Waals surface area contributed by atoms with Crippen molar-refractivity contribution in [2.75, 3.05) is 52.0 Å². The molecule has 0 aromatic heterocycles. The van der Waals surface area contributed by atoms with Crippen LogP contribution in [-0.4, -0.2) is 71.2 Å². The zero-order chi connectivity index (χ0) is 26.2. The van der Waals surface area contributed by atoms with E-state index in [4.69, 9.17) is 23.7 Å². The number of methoxy groups -OCH3 is 2. The van der Waals surface area contributed by atoms with E-state index in [2.05, 4.69) is 5.32 Å². The molecular weight excluding hydrogens is 476 g/mol. The molecule has 1 saturated heterocycles. The number of esters is 1. The lowest BCUT2D eigenvalue weighted by atomic mass is 9.84. The zero-order valence-corrected chi connectivity index (χ0v) is 21.7. The largest absolute Gasteiger partial charge is 0.497 e. The SMILES string of the molecule is CCOC(=O)C1C[C@H](c2ccc(OC)cc2)[C@@H](OCc2ccc3c(c2)N(CCCOC)C(=O)CO3)CN1. The Hall–Kier alpha value is -3.14. The van der Waals surface area contributed by atoms with E-state index >= 15 is 0 Å². The number of ether oxygens (including phenoxy) is 5. The highest BCUT2D eigenvalue weighted by Crippen LogP contribution is 2.35. The average molecular weight is 513 g/mol. The topological polar surface area (TPSA) is 95.6 Å². The van der Waals surface area contributed by atoms with Gasteiger partial charge >= 0.3 is 5.97 Å². The molecule has 0 saturated carbocycles. The lowest BCUT2D eigenvalue weighted by molar-refractivity contribution is -0.147. The number of rotatable bonds is 11. The molecule has 2 heterocycles. The number of nitrogens with zero attached hydrogens (tertiary/aromatic N) is 1. The first-order valence-corrected chi connectivity index (χ1v) is 12.7. The summed E-state index contributed by atoms with van der Waals surface area (Å²) in [6.45, 7) is 4.20. The Kier molecular flexibility index (Phi) is 9.38. The minimum Gasteiger partial charge on any atom is -0.497 e. The zero-order valence-electron chi connectivity index (χ0n) is 21.7. The molecule has 0 spiro atoms. The molecule has 0 radical (unpaired) electrons. The van der Waals surface area contributed by atoms with Gasteiger partial charge in [0.05, 0.1) is 32.1 Å². The molecule has 2 aromatic rings. The number of hydrogen-bond acceptors (Lipinski definition) is 8. The molecule has 3 atom stereocenters. The van der Waals surface area contributed by atoms with Crippen molar-refractivity contribution in [3.63, 3.8) is 0 Å². The number of fused-ring (bicyclic) bond motifs is 1. The summed E-state index contributed by atoms with van der Waals surface area (Å²) in [6, 6.07) is 13.3. The van der Waals surface area contributed by atoms with Crippen molar-refractivity contribution in [1.82, 2.24) is 5.32 Å². The van der Waals surface area contributed by atoms with Crippen LogP contribution >= 0.6 is 0 Å². The molecule has 37 heavy (non-hydrogen) atoms. The fourth-order valence-electron chi connectivity index (χ4n) is 4.84. The van der Waals surface area contributed by atoms with E-state index in [1.807, 2.05) is 49.4 Å². The van der Waals surface area contributed by atoms with Gasteiger partial charge in [0.15, 0.2) is 6.61 Å². The van der Waals surface area contributed by atoms with Crippen LogP contribution in [-0.2, 0) is 30.4 Å². The lowest BCUT2D eigenvalue weighted by Gasteiger charge is -2.36. The molecule has 0 aliphatic carbocycles. The van der Waals surface area contributed by atoms with Gasteiger partial charge in [-0.15, -0.1) is 0 Å². The first-order valence-electron chi connectivity index (χ1n) is 12.7. The minimum absolute atomic E-state index is 0.00496. The molecule has 1 fully saturated rings. The summed E-state index contributed by atoms with van der Waals surface area (Å²) in [5.41, 5.74) is 2.77. The summed E-state index contributed by atoms with van der Waals surface area (Å²) in [5, 5.41) is 3.29. The van der Waals surface area contributed by atoms with Gasteiger partial charge in [-0.25, -0.2) is 0 Å². The Bertz CT molecular complexity index is 1060. The van der Waals surface area contributed by atoms with Gasteiger partial charge in [0.1, 0.15) is 17.5 Å². The van der Waals surface area contributed by atoms with Gasteiger partial charge in [0.2, 0.25) is 0 Å². The van der Waals surface area contributed by atoms with Gasteiger partial charge in [-0.05, 0) is 55.2 Å².